The molecule has 1 aliphatic rings. The summed E-state index contributed by atoms with van der Waals surface area (Å²) in [4.78, 5) is 0. The Bertz CT molecular complexity index is 379. The molecule has 0 bridgehead atoms. The quantitative estimate of drug-likeness (QED) is 0.801. The lowest BCUT2D eigenvalue weighted by Crippen LogP contribution is -2.38. The Kier molecular flexibility index (Phi) is 2.94. The standard InChI is InChI=1S/C14H21NO/c1-14(2,3)15-9-11-8-7-10-5-4-6-12(16)13(10)11/h4-6,11,15-16H,7-9H2,1-3H3. The molecule has 16 heavy (non-hydrogen) atoms. The summed E-state index contributed by atoms with van der Waals surface area (Å²) in [5.74, 6) is 0.936. The second-order valence-corrected chi connectivity index (χ2v) is 5.72. The second-order valence-electron chi connectivity index (χ2n) is 5.72. The first kappa shape index (κ1) is 11.5. The molecule has 0 radical (unpaired) electrons. The summed E-state index contributed by atoms with van der Waals surface area (Å²) in [6, 6.07) is 5.87. The SMILES string of the molecule is CC(C)(C)NCC1CCc2cccc(O)c21. The van der Waals surface area contributed by atoms with Crippen molar-refractivity contribution in [3.8, 4) is 5.75 Å². The number of hydrogen-bond donors (Lipinski definition) is 2. The summed E-state index contributed by atoms with van der Waals surface area (Å²) in [5.41, 5.74) is 2.63. The fourth-order valence-electron chi connectivity index (χ4n) is 2.40. The molecule has 2 heteroatoms. The molecule has 2 N–H and O–H groups in total. The number of benzene rings is 1. The van der Waals surface area contributed by atoms with Crippen molar-refractivity contribution >= 4 is 0 Å². The molecule has 1 aromatic carbocycles. The van der Waals surface area contributed by atoms with Crippen molar-refractivity contribution in [1.82, 2.24) is 5.32 Å². The van der Waals surface area contributed by atoms with Crippen molar-refractivity contribution in [2.24, 2.45) is 0 Å². The lowest BCUT2D eigenvalue weighted by molar-refractivity contribution is 0.398. The number of hydrogen-bond acceptors (Lipinski definition) is 2. The predicted octanol–water partition coefficient (Wildman–Crippen LogP) is 2.81. The Hall–Kier alpha value is -1.02. The zero-order valence-corrected chi connectivity index (χ0v) is 10.4. The smallest absolute Gasteiger partial charge is 0.119 e. The molecule has 0 aliphatic heterocycles. The first-order chi connectivity index (χ1) is 7.47. The maximum absolute atomic E-state index is 9.90. The molecule has 1 aliphatic carbocycles. The monoisotopic (exact) mass is 219 g/mol. The van der Waals surface area contributed by atoms with E-state index in [1.807, 2.05) is 6.07 Å². The Labute approximate surface area is 97.7 Å². The fourth-order valence-corrected chi connectivity index (χ4v) is 2.40. The van der Waals surface area contributed by atoms with Gasteiger partial charge in [-0.15, -0.1) is 0 Å². The molecule has 0 spiro atoms. The van der Waals surface area contributed by atoms with E-state index in [0.717, 1.165) is 19.4 Å². The van der Waals surface area contributed by atoms with Gasteiger partial charge < -0.3 is 10.4 Å². The van der Waals surface area contributed by atoms with Gasteiger partial charge in [0.15, 0.2) is 0 Å². The molecule has 0 saturated carbocycles. The summed E-state index contributed by atoms with van der Waals surface area (Å²) in [6.07, 6.45) is 2.25. The normalized spacial score (nSPS) is 19.8. The fraction of sp³-hybridized carbons (Fsp3) is 0.571. The molecule has 0 heterocycles. The number of nitrogens with one attached hydrogen (secondary N) is 1. The van der Waals surface area contributed by atoms with E-state index < -0.39 is 0 Å². The third kappa shape index (κ3) is 2.38. The summed E-state index contributed by atoms with van der Waals surface area (Å²) >= 11 is 0. The highest BCUT2D eigenvalue weighted by Crippen LogP contribution is 2.38. The summed E-state index contributed by atoms with van der Waals surface area (Å²) in [5, 5.41) is 13.4. The zero-order valence-electron chi connectivity index (χ0n) is 10.4. The van der Waals surface area contributed by atoms with Crippen LogP contribution in [0.1, 0.15) is 44.2 Å². The van der Waals surface area contributed by atoms with Crippen LogP contribution in [0.4, 0.5) is 0 Å². The van der Waals surface area contributed by atoms with E-state index in [4.69, 9.17) is 0 Å². The van der Waals surface area contributed by atoms with Crippen molar-refractivity contribution in [2.75, 3.05) is 6.54 Å². The molecule has 88 valence electrons. The van der Waals surface area contributed by atoms with Crippen molar-refractivity contribution < 1.29 is 5.11 Å². The lowest BCUT2D eigenvalue weighted by atomic mass is 9.98. The largest absolute Gasteiger partial charge is 0.508 e. The van der Waals surface area contributed by atoms with Gasteiger partial charge in [-0.2, -0.15) is 0 Å². The Morgan fingerprint density at radius 2 is 2.12 bits per heavy atom. The van der Waals surface area contributed by atoms with Gasteiger partial charge in [-0.3, -0.25) is 0 Å². The second kappa shape index (κ2) is 4.10. The molecule has 1 atom stereocenters. The third-order valence-corrected chi connectivity index (χ3v) is 3.22. The Morgan fingerprint density at radius 3 is 2.81 bits per heavy atom. The number of fused-ring (bicyclic) bond motifs is 1. The highest BCUT2D eigenvalue weighted by atomic mass is 16.3. The molecule has 0 aromatic heterocycles. The molecule has 0 saturated heterocycles. The highest BCUT2D eigenvalue weighted by molar-refractivity contribution is 5.45. The van der Waals surface area contributed by atoms with Crippen molar-refractivity contribution in [1.29, 1.82) is 0 Å². The van der Waals surface area contributed by atoms with Crippen LogP contribution in [0.25, 0.3) is 0 Å². The molecule has 2 nitrogen and oxygen atoms in total. The summed E-state index contributed by atoms with van der Waals surface area (Å²) in [6.45, 7) is 7.48. The van der Waals surface area contributed by atoms with Crippen LogP contribution in [0.3, 0.4) is 0 Å². The first-order valence-electron chi connectivity index (χ1n) is 6.03. The van der Waals surface area contributed by atoms with E-state index in [9.17, 15) is 5.11 Å². The van der Waals surface area contributed by atoms with Crippen LogP contribution in [0.15, 0.2) is 18.2 Å². The van der Waals surface area contributed by atoms with Crippen molar-refractivity contribution in [3.05, 3.63) is 29.3 Å². The third-order valence-electron chi connectivity index (χ3n) is 3.22. The van der Waals surface area contributed by atoms with Gasteiger partial charge in [0.2, 0.25) is 0 Å². The van der Waals surface area contributed by atoms with Crippen LogP contribution in [0.2, 0.25) is 0 Å². The summed E-state index contributed by atoms with van der Waals surface area (Å²) in [7, 11) is 0. The summed E-state index contributed by atoms with van der Waals surface area (Å²) < 4.78 is 0. The Morgan fingerprint density at radius 1 is 1.38 bits per heavy atom. The maximum atomic E-state index is 9.90. The van der Waals surface area contributed by atoms with Gasteiger partial charge >= 0.3 is 0 Å². The molecular weight excluding hydrogens is 198 g/mol. The van der Waals surface area contributed by atoms with Gasteiger partial charge in [-0.1, -0.05) is 12.1 Å². The highest BCUT2D eigenvalue weighted by Gasteiger charge is 2.26. The number of phenolic OH excluding ortho intramolecular Hbond substituents is 1. The Balaban J connectivity index is 2.12. The minimum Gasteiger partial charge on any atom is -0.508 e. The van der Waals surface area contributed by atoms with Crippen molar-refractivity contribution in [3.63, 3.8) is 0 Å². The number of aromatic hydroxyl groups is 1. The van der Waals surface area contributed by atoms with Gasteiger partial charge in [0.1, 0.15) is 5.75 Å². The van der Waals surface area contributed by atoms with Crippen LogP contribution in [-0.2, 0) is 6.42 Å². The molecule has 0 fully saturated rings. The average molecular weight is 219 g/mol. The van der Waals surface area contributed by atoms with Crippen LogP contribution in [-0.4, -0.2) is 17.2 Å². The van der Waals surface area contributed by atoms with Crippen LogP contribution < -0.4 is 5.32 Å². The predicted molar refractivity (Wildman–Crippen MR) is 66.9 cm³/mol. The van der Waals surface area contributed by atoms with Gasteiger partial charge in [-0.05, 0) is 45.2 Å². The van der Waals surface area contributed by atoms with Gasteiger partial charge in [0.25, 0.3) is 0 Å². The zero-order chi connectivity index (χ0) is 11.8. The van der Waals surface area contributed by atoms with E-state index in [-0.39, 0.29) is 5.54 Å². The van der Waals surface area contributed by atoms with E-state index in [1.165, 1.54) is 11.1 Å². The minimum atomic E-state index is 0.146. The van der Waals surface area contributed by atoms with E-state index >= 15 is 0 Å². The number of phenols is 1. The number of rotatable bonds is 2. The number of aryl methyl sites for hydroxylation is 1. The maximum Gasteiger partial charge on any atom is 0.119 e. The van der Waals surface area contributed by atoms with Gasteiger partial charge in [-0.25, -0.2) is 0 Å². The molecular formula is C14H21NO. The van der Waals surface area contributed by atoms with Crippen LogP contribution in [0, 0.1) is 0 Å². The molecule has 0 amide bonds. The molecule has 1 unspecified atom stereocenters. The molecule has 2 rings (SSSR count). The van der Waals surface area contributed by atoms with Crippen molar-refractivity contribution in [2.45, 2.75) is 45.1 Å². The first-order valence-corrected chi connectivity index (χ1v) is 6.03. The van der Waals surface area contributed by atoms with E-state index in [1.54, 1.807) is 6.07 Å². The van der Waals surface area contributed by atoms with Gasteiger partial charge in [0.05, 0.1) is 0 Å². The molecule has 1 aromatic rings. The van der Waals surface area contributed by atoms with Crippen LogP contribution in [0.5, 0.6) is 5.75 Å². The van der Waals surface area contributed by atoms with Gasteiger partial charge in [0, 0.05) is 23.6 Å². The lowest BCUT2D eigenvalue weighted by Gasteiger charge is -2.24. The van der Waals surface area contributed by atoms with E-state index in [2.05, 4.69) is 32.2 Å². The minimum absolute atomic E-state index is 0.146. The van der Waals surface area contributed by atoms with Crippen LogP contribution >= 0.6 is 0 Å². The van der Waals surface area contributed by atoms with E-state index in [0.29, 0.717) is 11.7 Å². The topological polar surface area (TPSA) is 32.3 Å². The average Bonchev–Trinajstić information content (AvgIpc) is 2.58.